The highest BCUT2D eigenvalue weighted by Gasteiger charge is 1.96. The Kier molecular flexibility index (Phi) is 6.47. The zero-order chi connectivity index (χ0) is 10.1. The molecule has 1 N–H and O–H groups in total. The minimum Gasteiger partial charge on any atom is -0.440 e. The van der Waals surface area contributed by atoms with E-state index in [1.165, 1.54) is 0 Å². The van der Waals surface area contributed by atoms with Crippen LogP contribution in [0.3, 0.4) is 0 Å². The van der Waals surface area contributed by atoms with Crippen LogP contribution in [0.5, 0.6) is 0 Å². The predicted octanol–water partition coefficient (Wildman–Crippen LogP) is 1.39. The van der Waals surface area contributed by atoms with Crippen LogP contribution in [0, 0.1) is 0 Å². The molecule has 0 bridgehead atoms. The minimum absolute atomic E-state index is 0.733. The van der Waals surface area contributed by atoms with Crippen LogP contribution in [0.25, 0.3) is 0 Å². The van der Waals surface area contributed by atoms with Crippen molar-refractivity contribution < 1.29 is 9.15 Å². The molecule has 4 nitrogen and oxygen atoms in total. The smallest absolute Gasteiger partial charge is 0.255 e. The monoisotopic (exact) mass is 216 g/mol. The number of thioether (sulfide) groups is 1. The molecular formula is C9H16N2O2S. The zero-order valence-corrected chi connectivity index (χ0v) is 9.18. The Morgan fingerprint density at radius 2 is 2.50 bits per heavy atom. The Morgan fingerprint density at radius 3 is 3.21 bits per heavy atom. The number of oxazole rings is 1. The van der Waals surface area contributed by atoms with Gasteiger partial charge in [0.2, 0.25) is 0 Å². The maximum atomic E-state index is 5.19. The second-order valence-corrected chi connectivity index (χ2v) is 3.64. The van der Waals surface area contributed by atoms with Gasteiger partial charge in [-0.1, -0.05) is 11.8 Å². The van der Waals surface area contributed by atoms with E-state index in [4.69, 9.17) is 9.15 Å². The first kappa shape index (κ1) is 11.6. The van der Waals surface area contributed by atoms with Crippen molar-refractivity contribution in [2.24, 2.45) is 0 Å². The van der Waals surface area contributed by atoms with Crippen LogP contribution in [0.2, 0.25) is 0 Å². The Labute approximate surface area is 88.4 Å². The lowest BCUT2D eigenvalue weighted by Crippen LogP contribution is -2.22. The predicted molar refractivity (Wildman–Crippen MR) is 56.6 cm³/mol. The van der Waals surface area contributed by atoms with E-state index in [1.54, 1.807) is 24.2 Å². The van der Waals surface area contributed by atoms with Crippen LogP contribution in [-0.2, 0) is 4.74 Å². The third-order valence-electron chi connectivity index (χ3n) is 1.54. The van der Waals surface area contributed by atoms with Gasteiger partial charge in [0, 0.05) is 25.4 Å². The number of nitrogens with one attached hydrogen (secondary N) is 1. The van der Waals surface area contributed by atoms with Crippen LogP contribution < -0.4 is 5.32 Å². The van der Waals surface area contributed by atoms with Gasteiger partial charge in [-0.25, -0.2) is 4.98 Å². The van der Waals surface area contributed by atoms with E-state index in [0.717, 1.165) is 37.3 Å². The van der Waals surface area contributed by atoms with Gasteiger partial charge in [0.1, 0.15) is 6.26 Å². The lowest BCUT2D eigenvalue weighted by atomic mass is 10.6. The van der Waals surface area contributed by atoms with Gasteiger partial charge in [-0.05, 0) is 6.92 Å². The van der Waals surface area contributed by atoms with Gasteiger partial charge in [0.15, 0.2) is 0 Å². The molecule has 0 atom stereocenters. The fourth-order valence-electron chi connectivity index (χ4n) is 0.906. The molecule has 14 heavy (non-hydrogen) atoms. The molecule has 80 valence electrons. The van der Waals surface area contributed by atoms with Gasteiger partial charge >= 0.3 is 0 Å². The van der Waals surface area contributed by atoms with Gasteiger partial charge in [-0.3, -0.25) is 0 Å². The van der Waals surface area contributed by atoms with E-state index in [1.807, 2.05) is 6.92 Å². The van der Waals surface area contributed by atoms with Crippen LogP contribution >= 0.6 is 11.8 Å². The molecular weight excluding hydrogens is 200 g/mol. The number of hydrogen-bond donors (Lipinski definition) is 1. The topological polar surface area (TPSA) is 47.3 Å². The Morgan fingerprint density at radius 1 is 1.57 bits per heavy atom. The lowest BCUT2D eigenvalue weighted by molar-refractivity contribution is 0.150. The summed E-state index contributed by atoms with van der Waals surface area (Å²) in [5, 5.41) is 4.00. The highest BCUT2D eigenvalue weighted by molar-refractivity contribution is 7.99. The summed E-state index contributed by atoms with van der Waals surface area (Å²) in [5.41, 5.74) is 0. The number of ether oxygens (including phenoxy) is 1. The van der Waals surface area contributed by atoms with Crippen molar-refractivity contribution in [2.45, 2.75) is 12.1 Å². The van der Waals surface area contributed by atoms with Crippen LogP contribution in [0.15, 0.2) is 22.1 Å². The average molecular weight is 216 g/mol. The van der Waals surface area contributed by atoms with E-state index in [0.29, 0.717) is 0 Å². The van der Waals surface area contributed by atoms with Crippen LogP contribution in [-0.4, -0.2) is 37.0 Å². The van der Waals surface area contributed by atoms with Crippen molar-refractivity contribution in [1.82, 2.24) is 10.3 Å². The van der Waals surface area contributed by atoms with Gasteiger partial charge in [-0.15, -0.1) is 0 Å². The maximum Gasteiger partial charge on any atom is 0.255 e. The Hall–Kier alpha value is -0.520. The molecule has 1 aromatic heterocycles. The van der Waals surface area contributed by atoms with E-state index in [2.05, 4.69) is 10.3 Å². The van der Waals surface area contributed by atoms with Gasteiger partial charge in [-0.2, -0.15) is 0 Å². The maximum absolute atomic E-state index is 5.19. The van der Waals surface area contributed by atoms with Crippen LogP contribution in [0.1, 0.15) is 6.92 Å². The summed E-state index contributed by atoms with van der Waals surface area (Å²) < 4.78 is 10.3. The number of aromatic nitrogens is 1. The average Bonchev–Trinajstić information content (AvgIpc) is 2.69. The lowest BCUT2D eigenvalue weighted by Gasteiger charge is -2.02. The summed E-state index contributed by atoms with van der Waals surface area (Å²) in [6, 6.07) is 0. The van der Waals surface area contributed by atoms with E-state index in [9.17, 15) is 0 Å². The fraction of sp³-hybridized carbons (Fsp3) is 0.667. The van der Waals surface area contributed by atoms with Crippen LogP contribution in [0.4, 0.5) is 0 Å². The molecule has 5 heteroatoms. The van der Waals surface area contributed by atoms with Gasteiger partial charge < -0.3 is 14.5 Å². The van der Waals surface area contributed by atoms with E-state index >= 15 is 0 Å². The molecule has 0 aliphatic carbocycles. The highest BCUT2D eigenvalue weighted by atomic mass is 32.2. The summed E-state index contributed by atoms with van der Waals surface area (Å²) in [6.45, 7) is 5.41. The largest absolute Gasteiger partial charge is 0.440 e. The zero-order valence-electron chi connectivity index (χ0n) is 8.36. The molecule has 0 aromatic carbocycles. The molecule has 1 heterocycles. The first-order chi connectivity index (χ1) is 6.93. The van der Waals surface area contributed by atoms with Crippen molar-refractivity contribution in [1.29, 1.82) is 0 Å². The normalized spacial score (nSPS) is 10.6. The van der Waals surface area contributed by atoms with Gasteiger partial charge in [0.25, 0.3) is 5.22 Å². The number of hydrogen-bond acceptors (Lipinski definition) is 5. The van der Waals surface area contributed by atoms with E-state index < -0.39 is 0 Å². The quantitative estimate of drug-likeness (QED) is 0.525. The van der Waals surface area contributed by atoms with Gasteiger partial charge in [0.05, 0.1) is 12.8 Å². The number of nitrogens with zero attached hydrogens (tertiary/aromatic N) is 1. The summed E-state index contributed by atoms with van der Waals surface area (Å²) >= 11 is 1.61. The first-order valence-electron chi connectivity index (χ1n) is 4.74. The third kappa shape index (κ3) is 5.26. The summed E-state index contributed by atoms with van der Waals surface area (Å²) in [7, 11) is 0. The molecule has 0 unspecified atom stereocenters. The minimum atomic E-state index is 0.733. The van der Waals surface area contributed by atoms with Crippen molar-refractivity contribution in [3.63, 3.8) is 0 Å². The molecule has 1 aromatic rings. The highest BCUT2D eigenvalue weighted by Crippen LogP contribution is 2.12. The summed E-state index contributed by atoms with van der Waals surface area (Å²) in [5.74, 6) is 0.965. The Balaban J connectivity index is 1.85. The van der Waals surface area contributed by atoms with Crippen molar-refractivity contribution in [3.05, 3.63) is 12.5 Å². The molecule has 0 spiro atoms. The molecule has 0 saturated carbocycles. The Bertz CT molecular complexity index is 217. The second kappa shape index (κ2) is 7.84. The second-order valence-electron chi connectivity index (χ2n) is 2.59. The molecule has 0 fully saturated rings. The standard InChI is InChI=1S/C9H16N2O2S/c1-2-12-6-3-10-5-8-14-9-11-4-7-13-9/h4,7,10H,2-3,5-6,8H2,1H3. The fourth-order valence-corrected chi connectivity index (χ4v) is 1.59. The number of rotatable bonds is 8. The van der Waals surface area contributed by atoms with Crippen molar-refractivity contribution in [3.8, 4) is 0 Å². The van der Waals surface area contributed by atoms with E-state index in [-0.39, 0.29) is 0 Å². The molecule has 1 rings (SSSR count). The van der Waals surface area contributed by atoms with Crippen molar-refractivity contribution in [2.75, 3.05) is 32.1 Å². The molecule has 0 radical (unpaired) electrons. The molecule has 0 aliphatic heterocycles. The summed E-state index contributed by atoms with van der Waals surface area (Å²) in [4.78, 5) is 4.01. The summed E-state index contributed by atoms with van der Waals surface area (Å²) in [6.07, 6.45) is 3.25. The molecule has 0 saturated heterocycles. The molecule has 0 aliphatic rings. The third-order valence-corrected chi connectivity index (χ3v) is 2.40. The molecule has 0 amide bonds. The SMILES string of the molecule is CCOCCNCCSc1ncco1. The first-order valence-corrected chi connectivity index (χ1v) is 5.72. The van der Waals surface area contributed by atoms with Crippen molar-refractivity contribution >= 4 is 11.8 Å².